The minimum Gasteiger partial charge on any atom is -0.495 e. The molecule has 1 aliphatic carbocycles. The summed E-state index contributed by atoms with van der Waals surface area (Å²) in [4.78, 5) is 54.2. The van der Waals surface area contributed by atoms with Gasteiger partial charge >= 0.3 is 5.97 Å². The summed E-state index contributed by atoms with van der Waals surface area (Å²) in [5, 5.41) is 0.450. The fraction of sp³-hybridized carbons (Fsp3) is 0.333. The van der Waals surface area contributed by atoms with E-state index < -0.39 is 11.9 Å². The van der Waals surface area contributed by atoms with Gasteiger partial charge in [-0.05, 0) is 61.7 Å². The molecule has 0 aromatic heterocycles. The third-order valence-electron chi connectivity index (χ3n) is 7.03. The highest BCUT2D eigenvalue weighted by atomic mass is 35.5. The SMILES string of the molecule is COc1ccc(Cl)cc1N1C[C@H](C(=O)Oc2ccc(N3C(=O)[C@H]4CC=CC[C@@H]4C3=O)c(C)c2)CC1=O. The minimum atomic E-state index is -0.668. The number of allylic oxidation sites excluding steroid dienone is 2. The summed E-state index contributed by atoms with van der Waals surface area (Å²) >= 11 is 6.10. The molecule has 5 rings (SSSR count). The lowest BCUT2D eigenvalue weighted by molar-refractivity contribution is -0.139. The Morgan fingerprint density at radius 1 is 0.972 bits per heavy atom. The number of aryl methyl sites for hydroxylation is 1. The van der Waals surface area contributed by atoms with Crippen molar-refractivity contribution in [1.29, 1.82) is 0 Å². The number of methoxy groups -OCH3 is 1. The lowest BCUT2D eigenvalue weighted by atomic mass is 9.85. The van der Waals surface area contributed by atoms with E-state index in [9.17, 15) is 19.2 Å². The molecule has 2 heterocycles. The van der Waals surface area contributed by atoms with Crippen molar-refractivity contribution in [3.63, 3.8) is 0 Å². The quantitative estimate of drug-likeness (QED) is 0.261. The molecule has 0 spiro atoms. The van der Waals surface area contributed by atoms with Gasteiger partial charge < -0.3 is 14.4 Å². The van der Waals surface area contributed by atoms with Gasteiger partial charge in [-0.3, -0.25) is 19.2 Å². The molecule has 8 nitrogen and oxygen atoms in total. The Balaban J connectivity index is 1.29. The summed E-state index contributed by atoms with van der Waals surface area (Å²) in [7, 11) is 1.50. The molecule has 36 heavy (non-hydrogen) atoms. The Bertz CT molecular complexity index is 1280. The Kier molecular flexibility index (Phi) is 6.30. The van der Waals surface area contributed by atoms with Crippen molar-refractivity contribution in [3.8, 4) is 11.5 Å². The van der Waals surface area contributed by atoms with E-state index in [4.69, 9.17) is 21.1 Å². The smallest absolute Gasteiger partial charge is 0.316 e. The maximum atomic E-state index is 12.9. The number of esters is 1. The van der Waals surface area contributed by atoms with E-state index in [2.05, 4.69) is 0 Å². The maximum absolute atomic E-state index is 12.9. The Morgan fingerprint density at radius 3 is 2.31 bits per heavy atom. The van der Waals surface area contributed by atoms with Gasteiger partial charge in [-0.2, -0.15) is 0 Å². The molecule has 2 fully saturated rings. The number of fused-ring (bicyclic) bond motifs is 1. The van der Waals surface area contributed by atoms with Crippen LogP contribution in [0.2, 0.25) is 5.02 Å². The van der Waals surface area contributed by atoms with Crippen LogP contribution in [0.25, 0.3) is 0 Å². The molecule has 0 radical (unpaired) electrons. The van der Waals surface area contributed by atoms with Crippen molar-refractivity contribution in [3.05, 3.63) is 59.1 Å². The van der Waals surface area contributed by atoms with Crippen LogP contribution in [-0.4, -0.2) is 37.3 Å². The zero-order valence-corrected chi connectivity index (χ0v) is 20.7. The second-order valence-corrected chi connectivity index (χ2v) is 9.70. The topological polar surface area (TPSA) is 93.2 Å². The van der Waals surface area contributed by atoms with Gasteiger partial charge in [0.2, 0.25) is 17.7 Å². The number of carbonyl (C=O) groups is 4. The zero-order chi connectivity index (χ0) is 25.6. The van der Waals surface area contributed by atoms with Crippen LogP contribution in [0.15, 0.2) is 48.6 Å². The molecular weight excluding hydrogens is 484 g/mol. The second kappa shape index (κ2) is 9.43. The molecule has 2 saturated heterocycles. The summed E-state index contributed by atoms with van der Waals surface area (Å²) in [5.41, 5.74) is 1.64. The lowest BCUT2D eigenvalue weighted by Gasteiger charge is -2.20. The Morgan fingerprint density at radius 2 is 1.67 bits per heavy atom. The predicted molar refractivity (Wildman–Crippen MR) is 133 cm³/mol. The van der Waals surface area contributed by atoms with Crippen LogP contribution in [0.5, 0.6) is 11.5 Å². The van der Waals surface area contributed by atoms with Crippen LogP contribution in [0.3, 0.4) is 0 Å². The lowest BCUT2D eigenvalue weighted by Crippen LogP contribution is -2.31. The third kappa shape index (κ3) is 4.15. The van der Waals surface area contributed by atoms with E-state index in [1.807, 2.05) is 12.2 Å². The molecule has 0 N–H and O–H groups in total. The average molecular weight is 509 g/mol. The molecule has 186 valence electrons. The van der Waals surface area contributed by atoms with Gasteiger partial charge in [0.05, 0.1) is 36.2 Å². The van der Waals surface area contributed by atoms with E-state index in [1.165, 1.54) is 16.9 Å². The zero-order valence-electron chi connectivity index (χ0n) is 19.9. The van der Waals surface area contributed by atoms with Gasteiger partial charge in [-0.15, -0.1) is 0 Å². The highest BCUT2D eigenvalue weighted by Gasteiger charge is 2.48. The summed E-state index contributed by atoms with van der Waals surface area (Å²) in [6, 6.07) is 9.78. The molecule has 0 unspecified atom stereocenters. The van der Waals surface area contributed by atoms with Gasteiger partial charge in [0.25, 0.3) is 0 Å². The van der Waals surface area contributed by atoms with Crippen molar-refractivity contribution < 1.29 is 28.7 Å². The molecule has 3 aliphatic rings. The molecule has 2 aromatic rings. The van der Waals surface area contributed by atoms with Crippen molar-refractivity contribution in [2.75, 3.05) is 23.5 Å². The number of benzene rings is 2. The standard InChI is InChI=1S/C27H25ClN2O6/c1-15-11-18(8-9-21(15)30-25(32)19-5-3-4-6-20(19)26(30)33)36-27(34)16-12-24(31)29(14-16)22-13-17(28)7-10-23(22)35-2/h3-4,7-11,13,16,19-20H,5-6,12,14H2,1-2H3/t16-,19+,20+/m1/s1. The Hall–Kier alpha value is -3.65. The fourth-order valence-corrected chi connectivity index (χ4v) is 5.32. The van der Waals surface area contributed by atoms with E-state index >= 15 is 0 Å². The summed E-state index contributed by atoms with van der Waals surface area (Å²) in [6.45, 7) is 1.90. The van der Waals surface area contributed by atoms with Crippen LogP contribution >= 0.6 is 11.6 Å². The first-order valence-corrected chi connectivity index (χ1v) is 12.2. The monoisotopic (exact) mass is 508 g/mol. The van der Waals surface area contributed by atoms with Gasteiger partial charge in [-0.1, -0.05) is 23.8 Å². The molecule has 3 amide bonds. The Labute approximate surface area is 213 Å². The normalized spacial score (nSPS) is 23.3. The number of halogens is 1. The van der Waals surface area contributed by atoms with Crippen LogP contribution in [0.4, 0.5) is 11.4 Å². The highest BCUT2D eigenvalue weighted by Crippen LogP contribution is 2.40. The van der Waals surface area contributed by atoms with Gasteiger partial charge in [0.15, 0.2) is 0 Å². The average Bonchev–Trinajstić information content (AvgIpc) is 3.37. The number of ether oxygens (including phenoxy) is 2. The molecule has 2 aromatic carbocycles. The second-order valence-electron chi connectivity index (χ2n) is 9.26. The number of anilines is 2. The number of amides is 3. The summed E-state index contributed by atoms with van der Waals surface area (Å²) < 4.78 is 10.9. The highest BCUT2D eigenvalue weighted by molar-refractivity contribution is 6.31. The molecular formula is C27H25ClN2O6. The van der Waals surface area contributed by atoms with E-state index in [-0.39, 0.29) is 48.3 Å². The van der Waals surface area contributed by atoms with Crippen LogP contribution in [-0.2, 0) is 19.2 Å². The molecule has 2 aliphatic heterocycles. The van der Waals surface area contributed by atoms with Crippen molar-refractivity contribution in [2.45, 2.75) is 26.2 Å². The first-order valence-electron chi connectivity index (χ1n) is 11.8. The first kappa shape index (κ1) is 24.1. The van der Waals surface area contributed by atoms with Gasteiger partial charge in [-0.25, -0.2) is 4.90 Å². The summed E-state index contributed by atoms with van der Waals surface area (Å²) in [5.74, 6) is -1.69. The predicted octanol–water partition coefficient (Wildman–Crippen LogP) is 4.07. The van der Waals surface area contributed by atoms with E-state index in [0.29, 0.717) is 40.6 Å². The molecule has 9 heteroatoms. The number of carbonyl (C=O) groups excluding carboxylic acids is 4. The molecule has 0 saturated carbocycles. The van der Waals surface area contributed by atoms with Crippen molar-refractivity contribution in [2.24, 2.45) is 17.8 Å². The minimum absolute atomic E-state index is 0.000833. The maximum Gasteiger partial charge on any atom is 0.316 e. The number of imide groups is 1. The number of hydrogen-bond acceptors (Lipinski definition) is 6. The number of hydrogen-bond donors (Lipinski definition) is 0. The first-order chi connectivity index (χ1) is 17.3. The number of rotatable bonds is 5. The van der Waals surface area contributed by atoms with E-state index in [1.54, 1.807) is 43.3 Å². The largest absolute Gasteiger partial charge is 0.495 e. The van der Waals surface area contributed by atoms with Crippen LogP contribution in [0.1, 0.15) is 24.8 Å². The van der Waals surface area contributed by atoms with Crippen molar-refractivity contribution in [1.82, 2.24) is 0 Å². The third-order valence-corrected chi connectivity index (χ3v) is 7.26. The molecule has 3 atom stereocenters. The van der Waals surface area contributed by atoms with Crippen LogP contribution in [0, 0.1) is 24.7 Å². The fourth-order valence-electron chi connectivity index (χ4n) is 5.15. The molecule has 0 bridgehead atoms. The van der Waals surface area contributed by atoms with Gasteiger partial charge in [0, 0.05) is 18.0 Å². The van der Waals surface area contributed by atoms with Crippen molar-refractivity contribution >= 4 is 46.7 Å². The number of nitrogens with zero attached hydrogens (tertiary/aromatic N) is 2. The van der Waals surface area contributed by atoms with E-state index in [0.717, 1.165) is 0 Å². The van der Waals surface area contributed by atoms with Gasteiger partial charge in [0.1, 0.15) is 11.5 Å². The summed E-state index contributed by atoms with van der Waals surface area (Å²) in [6.07, 6.45) is 5.03. The van der Waals surface area contributed by atoms with Crippen LogP contribution < -0.4 is 19.3 Å².